The number of aliphatic carboxylic acids is 1. The third-order valence-corrected chi connectivity index (χ3v) is 4.48. The third kappa shape index (κ3) is 4.81. The summed E-state index contributed by atoms with van der Waals surface area (Å²) in [7, 11) is 0. The van der Waals surface area contributed by atoms with E-state index in [-0.39, 0.29) is 25.3 Å². The van der Waals surface area contributed by atoms with Gasteiger partial charge in [-0.05, 0) is 12.0 Å². The first-order chi connectivity index (χ1) is 12.3. The van der Waals surface area contributed by atoms with Gasteiger partial charge in [0.25, 0.3) is 0 Å². The molecule has 3 atom stereocenters. The molecule has 1 aliphatic rings. The molecule has 1 aromatic carbocycles. The molecule has 3 amide bonds. The lowest BCUT2D eigenvalue weighted by Crippen LogP contribution is -2.53. The molecule has 26 heavy (non-hydrogen) atoms. The molecule has 0 aliphatic carbocycles. The van der Waals surface area contributed by atoms with Crippen LogP contribution in [0.5, 0.6) is 0 Å². The van der Waals surface area contributed by atoms with Crippen LogP contribution in [0.3, 0.4) is 0 Å². The van der Waals surface area contributed by atoms with Gasteiger partial charge in [0.1, 0.15) is 12.1 Å². The zero-order valence-corrected chi connectivity index (χ0v) is 14.6. The quantitative estimate of drug-likeness (QED) is 0.625. The smallest absolute Gasteiger partial charge is 0.326 e. The zero-order chi connectivity index (χ0) is 19.3. The van der Waals surface area contributed by atoms with E-state index >= 15 is 0 Å². The summed E-state index contributed by atoms with van der Waals surface area (Å²) in [4.78, 5) is 48.6. The number of hydrogen-bond acceptors (Lipinski definition) is 4. The molecule has 0 saturated carbocycles. The number of nitrogens with zero attached hydrogens (tertiary/aromatic N) is 1. The number of benzene rings is 1. The van der Waals surface area contributed by atoms with E-state index in [9.17, 15) is 24.3 Å². The Morgan fingerprint density at radius 2 is 1.92 bits per heavy atom. The molecular formula is C18H23N3O5. The van der Waals surface area contributed by atoms with E-state index in [4.69, 9.17) is 5.73 Å². The van der Waals surface area contributed by atoms with Gasteiger partial charge in [0, 0.05) is 32.2 Å². The van der Waals surface area contributed by atoms with E-state index in [1.165, 1.54) is 11.8 Å². The van der Waals surface area contributed by atoms with Crippen LogP contribution in [0.15, 0.2) is 30.3 Å². The summed E-state index contributed by atoms with van der Waals surface area (Å²) in [5.74, 6) is -3.15. The van der Waals surface area contributed by atoms with Gasteiger partial charge in [-0.3, -0.25) is 14.4 Å². The first-order valence-electron chi connectivity index (χ1n) is 8.42. The summed E-state index contributed by atoms with van der Waals surface area (Å²) in [6, 6.07) is 7.15. The van der Waals surface area contributed by atoms with Crippen LogP contribution in [0, 0.1) is 5.92 Å². The Hall–Kier alpha value is -2.90. The predicted molar refractivity (Wildman–Crippen MR) is 92.8 cm³/mol. The second kappa shape index (κ2) is 8.46. The minimum atomic E-state index is -1.18. The van der Waals surface area contributed by atoms with Crippen LogP contribution in [0.1, 0.15) is 25.3 Å². The summed E-state index contributed by atoms with van der Waals surface area (Å²) in [6.45, 7) is 1.51. The van der Waals surface area contributed by atoms with Crippen molar-refractivity contribution in [2.75, 3.05) is 6.54 Å². The van der Waals surface area contributed by atoms with Crippen LogP contribution in [0.25, 0.3) is 0 Å². The van der Waals surface area contributed by atoms with Gasteiger partial charge in [-0.15, -0.1) is 0 Å². The number of carboxylic acid groups (broad SMARTS) is 1. The van der Waals surface area contributed by atoms with E-state index in [0.717, 1.165) is 5.56 Å². The fraction of sp³-hybridized carbons (Fsp3) is 0.444. The lowest BCUT2D eigenvalue weighted by atomic mass is 9.96. The molecule has 1 heterocycles. The summed E-state index contributed by atoms with van der Waals surface area (Å²) in [5, 5.41) is 12.1. The van der Waals surface area contributed by atoms with Crippen LogP contribution in [-0.4, -0.2) is 52.3 Å². The highest BCUT2D eigenvalue weighted by Gasteiger charge is 2.44. The van der Waals surface area contributed by atoms with Gasteiger partial charge in [0.2, 0.25) is 17.7 Å². The van der Waals surface area contributed by atoms with Crippen molar-refractivity contribution < 1.29 is 24.3 Å². The molecule has 1 aliphatic heterocycles. The second-order valence-electron chi connectivity index (χ2n) is 6.48. The zero-order valence-electron chi connectivity index (χ0n) is 14.6. The monoisotopic (exact) mass is 361 g/mol. The van der Waals surface area contributed by atoms with Crippen molar-refractivity contribution >= 4 is 23.7 Å². The molecule has 0 unspecified atom stereocenters. The van der Waals surface area contributed by atoms with Crippen molar-refractivity contribution in [1.82, 2.24) is 10.2 Å². The lowest BCUT2D eigenvalue weighted by molar-refractivity contribution is -0.150. The van der Waals surface area contributed by atoms with E-state index in [1.54, 1.807) is 0 Å². The van der Waals surface area contributed by atoms with Gasteiger partial charge < -0.3 is 21.1 Å². The van der Waals surface area contributed by atoms with Gasteiger partial charge in [0.05, 0.1) is 0 Å². The average Bonchev–Trinajstić information content (AvgIpc) is 2.97. The Morgan fingerprint density at radius 1 is 1.27 bits per heavy atom. The van der Waals surface area contributed by atoms with Crippen LogP contribution in [0.2, 0.25) is 0 Å². The molecule has 0 spiro atoms. The largest absolute Gasteiger partial charge is 0.480 e. The number of likely N-dealkylation sites (tertiary alicyclic amines) is 1. The van der Waals surface area contributed by atoms with E-state index in [0.29, 0.717) is 6.42 Å². The number of carbonyl (C=O) groups is 4. The molecule has 1 fully saturated rings. The highest BCUT2D eigenvalue weighted by Crippen LogP contribution is 2.28. The molecule has 0 bridgehead atoms. The van der Waals surface area contributed by atoms with E-state index < -0.39 is 35.8 Å². The maximum Gasteiger partial charge on any atom is 0.326 e. The SMILES string of the molecule is CC(=O)N[C@@H](Cc1ccccc1)C(=O)N1CC[C@H](CC(N)=O)[C@H]1C(=O)O. The Balaban J connectivity index is 2.21. The predicted octanol–water partition coefficient (Wildman–Crippen LogP) is -0.0891. The molecule has 2 rings (SSSR count). The van der Waals surface area contributed by atoms with Gasteiger partial charge >= 0.3 is 5.97 Å². The first kappa shape index (κ1) is 19.4. The van der Waals surface area contributed by atoms with Gasteiger partial charge in [-0.1, -0.05) is 30.3 Å². The molecular weight excluding hydrogens is 338 g/mol. The molecule has 8 heteroatoms. The van der Waals surface area contributed by atoms with Crippen LogP contribution >= 0.6 is 0 Å². The summed E-state index contributed by atoms with van der Waals surface area (Å²) >= 11 is 0. The second-order valence-corrected chi connectivity index (χ2v) is 6.48. The average molecular weight is 361 g/mol. The standard InChI is InChI=1S/C18H23N3O5/c1-11(22)20-14(9-12-5-3-2-4-6-12)17(24)21-8-7-13(10-15(19)23)16(21)18(25)26/h2-6,13-14,16H,7-10H2,1H3,(H2,19,23)(H,20,22)(H,25,26)/t13-,14+,16+/m1/s1. The molecule has 0 radical (unpaired) electrons. The molecule has 140 valence electrons. The normalized spacial score (nSPS) is 20.4. The topological polar surface area (TPSA) is 130 Å². The Bertz CT molecular complexity index is 691. The van der Waals surface area contributed by atoms with Gasteiger partial charge in [-0.2, -0.15) is 0 Å². The van der Waals surface area contributed by atoms with Crippen molar-refractivity contribution in [1.29, 1.82) is 0 Å². The van der Waals surface area contributed by atoms with Crippen molar-refractivity contribution in [3.63, 3.8) is 0 Å². The Labute approximate surface area is 151 Å². The fourth-order valence-corrected chi connectivity index (χ4v) is 3.41. The Kier molecular flexibility index (Phi) is 6.32. The number of carboxylic acids is 1. The molecule has 1 saturated heterocycles. The molecule has 8 nitrogen and oxygen atoms in total. The maximum absolute atomic E-state index is 13.0. The number of nitrogens with two attached hydrogens (primary N) is 1. The fourth-order valence-electron chi connectivity index (χ4n) is 3.41. The third-order valence-electron chi connectivity index (χ3n) is 4.48. The number of primary amides is 1. The number of carbonyl (C=O) groups excluding carboxylic acids is 3. The minimum absolute atomic E-state index is 0.0930. The number of hydrogen-bond donors (Lipinski definition) is 3. The van der Waals surface area contributed by atoms with Gasteiger partial charge in [0.15, 0.2) is 0 Å². The van der Waals surface area contributed by atoms with E-state index in [2.05, 4.69) is 5.32 Å². The van der Waals surface area contributed by atoms with Crippen molar-refractivity contribution in [2.45, 2.75) is 38.3 Å². The molecule has 1 aromatic rings. The summed E-state index contributed by atoms with van der Waals surface area (Å²) in [5.41, 5.74) is 6.04. The Morgan fingerprint density at radius 3 is 2.46 bits per heavy atom. The van der Waals surface area contributed by atoms with Crippen molar-refractivity contribution in [3.05, 3.63) is 35.9 Å². The lowest BCUT2D eigenvalue weighted by Gasteiger charge is -2.28. The highest BCUT2D eigenvalue weighted by molar-refractivity contribution is 5.91. The van der Waals surface area contributed by atoms with E-state index in [1.807, 2.05) is 30.3 Å². The number of nitrogens with one attached hydrogen (secondary N) is 1. The molecule has 0 aromatic heterocycles. The number of amides is 3. The summed E-state index contributed by atoms with van der Waals surface area (Å²) in [6.07, 6.45) is 0.538. The minimum Gasteiger partial charge on any atom is -0.480 e. The highest BCUT2D eigenvalue weighted by atomic mass is 16.4. The summed E-state index contributed by atoms with van der Waals surface area (Å²) < 4.78 is 0. The van der Waals surface area contributed by atoms with Crippen molar-refractivity contribution in [2.24, 2.45) is 11.7 Å². The number of rotatable bonds is 7. The van der Waals surface area contributed by atoms with Crippen LogP contribution < -0.4 is 11.1 Å². The molecule has 4 N–H and O–H groups in total. The maximum atomic E-state index is 13.0. The van der Waals surface area contributed by atoms with Gasteiger partial charge in [-0.25, -0.2) is 4.79 Å². The first-order valence-corrected chi connectivity index (χ1v) is 8.42. The van der Waals surface area contributed by atoms with Crippen LogP contribution in [-0.2, 0) is 25.6 Å². The van der Waals surface area contributed by atoms with Crippen LogP contribution in [0.4, 0.5) is 0 Å². The van der Waals surface area contributed by atoms with Crippen molar-refractivity contribution in [3.8, 4) is 0 Å².